The molecule has 5 rings (SSSR count). The fourth-order valence-corrected chi connectivity index (χ4v) is 5.88. The Morgan fingerprint density at radius 3 is 2.56 bits per heavy atom. The van der Waals surface area contributed by atoms with Gasteiger partial charge in [-0.05, 0) is 89.4 Å². The van der Waals surface area contributed by atoms with Crippen LogP contribution in [0.4, 0.5) is 0 Å². The zero-order valence-electron chi connectivity index (χ0n) is 23.5. The summed E-state index contributed by atoms with van der Waals surface area (Å²) in [6, 6.07) is 21.6. The Hall–Kier alpha value is -3.87. The first-order valence-corrected chi connectivity index (χ1v) is 14.4. The molecule has 3 aromatic rings. The Morgan fingerprint density at radius 2 is 1.83 bits per heavy atom. The molecular weight excluding hydrogens is 536 g/mol. The molecular formula is C34H35ClN2O4. The quantitative estimate of drug-likeness (QED) is 0.316. The van der Waals surface area contributed by atoms with Gasteiger partial charge in [-0.15, -0.1) is 0 Å². The third-order valence-electron chi connectivity index (χ3n) is 7.73. The Balaban J connectivity index is 1.39. The minimum Gasteiger partial charge on any atom is -0.489 e. The molecule has 0 bridgehead atoms. The molecule has 41 heavy (non-hydrogen) atoms. The maximum absolute atomic E-state index is 11.8. The van der Waals surface area contributed by atoms with Gasteiger partial charge in [0, 0.05) is 44.8 Å². The number of hydrogen-bond acceptors (Lipinski definition) is 4. The number of likely N-dealkylation sites (tertiary alicyclic amines) is 1. The largest absolute Gasteiger partial charge is 0.489 e. The molecule has 0 aromatic heterocycles. The molecule has 1 heterocycles. The number of halogens is 1. The lowest BCUT2D eigenvalue weighted by Crippen LogP contribution is -2.25. The van der Waals surface area contributed by atoms with Gasteiger partial charge in [-0.2, -0.15) is 0 Å². The first kappa shape index (κ1) is 28.7. The van der Waals surface area contributed by atoms with E-state index < -0.39 is 5.97 Å². The van der Waals surface area contributed by atoms with Gasteiger partial charge < -0.3 is 14.7 Å². The van der Waals surface area contributed by atoms with Crippen molar-refractivity contribution in [2.75, 3.05) is 33.7 Å². The van der Waals surface area contributed by atoms with Crippen molar-refractivity contribution in [3.63, 3.8) is 0 Å². The number of ether oxygens (including phenoxy) is 1. The summed E-state index contributed by atoms with van der Waals surface area (Å²) in [7, 11) is 3.49. The number of hydrogen-bond donors (Lipinski definition) is 1. The Bertz CT molecular complexity index is 1490. The van der Waals surface area contributed by atoms with Gasteiger partial charge in [0.1, 0.15) is 11.9 Å². The first-order chi connectivity index (χ1) is 19.8. The Kier molecular flexibility index (Phi) is 8.91. The number of nitrogens with zero attached hydrogens (tertiary/aromatic N) is 2. The number of benzene rings is 3. The molecule has 2 aliphatic rings. The van der Waals surface area contributed by atoms with Crippen LogP contribution < -0.4 is 4.74 Å². The third kappa shape index (κ3) is 6.72. The number of carboxylic acid groups (broad SMARTS) is 1. The number of carboxylic acids is 1. The second kappa shape index (κ2) is 12.8. The summed E-state index contributed by atoms with van der Waals surface area (Å²) in [6.45, 7) is 2.45. The summed E-state index contributed by atoms with van der Waals surface area (Å²) in [5.74, 6) is -0.114. The van der Waals surface area contributed by atoms with Crippen LogP contribution in [0.3, 0.4) is 0 Å². The molecule has 7 heteroatoms. The van der Waals surface area contributed by atoms with E-state index >= 15 is 0 Å². The third-order valence-corrected chi connectivity index (χ3v) is 8.06. The standard InChI is InChI=1S/C34H35ClN2O4/c1-36(2)32(38)11-6-19-37-20-18-27(22-37)41-26-15-12-23(13-16-26)33-28-17-14-25(34(39)40)21-24(28)7-5-9-30(33)29-8-3-4-10-31(29)35/h3-4,6,8,10-17,21,27H,5,7,9,18-20,22H2,1-2H3,(H,39,40)/t27-/m0/s1. The van der Waals surface area contributed by atoms with Crippen LogP contribution in [0.1, 0.15) is 51.9 Å². The summed E-state index contributed by atoms with van der Waals surface area (Å²) in [5.41, 5.74) is 6.68. The van der Waals surface area contributed by atoms with E-state index in [9.17, 15) is 14.7 Å². The molecule has 212 valence electrons. The Morgan fingerprint density at radius 1 is 1.05 bits per heavy atom. The van der Waals surface area contributed by atoms with E-state index in [4.69, 9.17) is 16.3 Å². The minimum absolute atomic E-state index is 0.0106. The Labute approximate surface area is 246 Å². The molecule has 0 unspecified atom stereocenters. The SMILES string of the molecule is CN(C)C(=O)C=CCN1CC[C@H](Oc2ccc(C3=C(c4ccccc4Cl)CCCc4cc(C(=O)O)ccc43)cc2)C1. The zero-order valence-corrected chi connectivity index (χ0v) is 24.2. The van der Waals surface area contributed by atoms with Gasteiger partial charge in [0.05, 0.1) is 5.56 Å². The van der Waals surface area contributed by atoms with Crippen LogP contribution in [-0.4, -0.2) is 66.6 Å². The van der Waals surface area contributed by atoms with Gasteiger partial charge in [0.25, 0.3) is 0 Å². The van der Waals surface area contributed by atoms with Crippen LogP contribution >= 0.6 is 11.6 Å². The fourth-order valence-electron chi connectivity index (χ4n) is 5.63. The van der Waals surface area contributed by atoms with Gasteiger partial charge in [-0.3, -0.25) is 9.69 Å². The van der Waals surface area contributed by atoms with Crippen LogP contribution in [-0.2, 0) is 11.2 Å². The van der Waals surface area contributed by atoms with Crippen LogP contribution in [0.2, 0.25) is 5.02 Å². The van der Waals surface area contributed by atoms with E-state index in [1.165, 1.54) is 5.57 Å². The van der Waals surface area contributed by atoms with Crippen molar-refractivity contribution in [1.29, 1.82) is 0 Å². The highest BCUT2D eigenvalue weighted by molar-refractivity contribution is 6.32. The number of allylic oxidation sites excluding steroid dienone is 1. The number of rotatable bonds is 8. The van der Waals surface area contributed by atoms with Gasteiger partial charge in [0.15, 0.2) is 0 Å². The van der Waals surface area contributed by atoms with E-state index in [2.05, 4.69) is 23.1 Å². The van der Waals surface area contributed by atoms with E-state index in [0.717, 1.165) is 78.9 Å². The molecule has 0 radical (unpaired) electrons. The van der Waals surface area contributed by atoms with Gasteiger partial charge >= 0.3 is 5.97 Å². The monoisotopic (exact) mass is 570 g/mol. The number of carbonyl (C=O) groups excluding carboxylic acids is 1. The molecule has 6 nitrogen and oxygen atoms in total. The summed E-state index contributed by atoms with van der Waals surface area (Å²) >= 11 is 6.69. The molecule has 0 spiro atoms. The van der Waals surface area contributed by atoms with E-state index in [-0.39, 0.29) is 12.0 Å². The molecule has 0 saturated carbocycles. The lowest BCUT2D eigenvalue weighted by atomic mass is 9.87. The zero-order chi connectivity index (χ0) is 28.9. The lowest BCUT2D eigenvalue weighted by molar-refractivity contribution is -0.123. The van der Waals surface area contributed by atoms with Crippen LogP contribution in [0.5, 0.6) is 5.75 Å². The highest BCUT2D eigenvalue weighted by atomic mass is 35.5. The van der Waals surface area contributed by atoms with Crippen molar-refractivity contribution in [3.05, 3.63) is 112 Å². The van der Waals surface area contributed by atoms with Gasteiger partial charge in [-0.1, -0.05) is 54.1 Å². The number of likely N-dealkylation sites (N-methyl/N-ethyl adjacent to an activating group) is 1. The summed E-state index contributed by atoms with van der Waals surface area (Å²) in [5, 5.41) is 10.3. The van der Waals surface area contributed by atoms with Crippen molar-refractivity contribution in [2.24, 2.45) is 0 Å². The predicted octanol–water partition coefficient (Wildman–Crippen LogP) is 6.43. The van der Waals surface area contributed by atoms with Crippen molar-refractivity contribution in [1.82, 2.24) is 9.80 Å². The van der Waals surface area contributed by atoms with Crippen LogP contribution in [0, 0.1) is 0 Å². The van der Waals surface area contributed by atoms with Crippen molar-refractivity contribution in [3.8, 4) is 5.75 Å². The smallest absolute Gasteiger partial charge is 0.335 e. The molecule has 1 saturated heterocycles. The highest BCUT2D eigenvalue weighted by Crippen LogP contribution is 2.42. The van der Waals surface area contributed by atoms with Crippen molar-refractivity contribution >= 4 is 34.6 Å². The van der Waals surface area contributed by atoms with E-state index in [0.29, 0.717) is 10.6 Å². The van der Waals surface area contributed by atoms with Crippen molar-refractivity contribution in [2.45, 2.75) is 31.8 Å². The molecule has 1 atom stereocenters. The summed E-state index contributed by atoms with van der Waals surface area (Å²) in [4.78, 5) is 27.3. The molecule has 3 aromatic carbocycles. The minimum atomic E-state index is -0.918. The molecule has 1 aliphatic carbocycles. The maximum Gasteiger partial charge on any atom is 0.335 e. The maximum atomic E-state index is 11.8. The molecule has 1 amide bonds. The van der Waals surface area contributed by atoms with Crippen LogP contribution in [0.25, 0.3) is 11.1 Å². The molecule has 1 fully saturated rings. The predicted molar refractivity (Wildman–Crippen MR) is 163 cm³/mol. The highest BCUT2D eigenvalue weighted by Gasteiger charge is 2.25. The number of carbonyl (C=O) groups is 2. The second-order valence-corrected chi connectivity index (χ2v) is 11.2. The normalized spacial score (nSPS) is 17.4. The summed E-state index contributed by atoms with van der Waals surface area (Å²) < 4.78 is 6.34. The van der Waals surface area contributed by atoms with Crippen LogP contribution in [0.15, 0.2) is 78.9 Å². The average molecular weight is 571 g/mol. The van der Waals surface area contributed by atoms with Gasteiger partial charge in [0.2, 0.25) is 5.91 Å². The number of aromatic carboxylic acids is 1. The topological polar surface area (TPSA) is 70.1 Å². The van der Waals surface area contributed by atoms with Gasteiger partial charge in [-0.25, -0.2) is 4.79 Å². The number of aryl methyl sites for hydroxylation is 1. The average Bonchev–Trinajstić information content (AvgIpc) is 3.31. The van der Waals surface area contributed by atoms with E-state index in [1.54, 1.807) is 31.1 Å². The van der Waals surface area contributed by atoms with E-state index in [1.807, 2.05) is 48.5 Å². The molecule has 1 N–H and O–H groups in total. The number of fused-ring (bicyclic) bond motifs is 1. The number of amides is 1. The molecule has 1 aliphatic heterocycles. The summed E-state index contributed by atoms with van der Waals surface area (Å²) in [6.07, 6.45) is 7.08. The first-order valence-electron chi connectivity index (χ1n) is 14.0. The fraction of sp³-hybridized carbons (Fsp3) is 0.294. The van der Waals surface area contributed by atoms with Crippen molar-refractivity contribution < 1.29 is 19.4 Å². The second-order valence-electron chi connectivity index (χ2n) is 10.8. The lowest BCUT2D eigenvalue weighted by Gasteiger charge is -2.19.